The topological polar surface area (TPSA) is 9.72 Å². The van der Waals surface area contributed by atoms with Gasteiger partial charge in [-0.25, -0.2) is 0 Å². The summed E-state index contributed by atoms with van der Waals surface area (Å²) in [6, 6.07) is 71.8. The van der Waals surface area contributed by atoms with Crippen molar-refractivity contribution in [2.45, 2.75) is 174 Å². The lowest BCUT2D eigenvalue weighted by Crippen LogP contribution is -2.64. The Balaban J connectivity index is 1.19. The van der Waals surface area contributed by atoms with Gasteiger partial charge in [-0.05, 0) is 150 Å². The normalized spacial score (nSPS) is 19.0. The van der Waals surface area contributed by atoms with E-state index in [1.807, 2.05) is 0 Å². The van der Waals surface area contributed by atoms with Crippen LogP contribution in [0, 0.1) is 0 Å². The fraction of sp³-hybridized carbons (Fsp3) is 0.333. The fourth-order valence-electron chi connectivity index (χ4n) is 16.0. The van der Waals surface area contributed by atoms with Crippen LogP contribution < -0.4 is 31.1 Å². The van der Waals surface area contributed by atoms with Crippen molar-refractivity contribution in [3.8, 4) is 33.4 Å². The molecule has 3 aliphatic heterocycles. The number of rotatable bonds is 6. The maximum absolute atomic E-state index is 2.94. The van der Waals surface area contributed by atoms with E-state index < -0.39 is 0 Å². The molecule has 2 atom stereocenters. The molecule has 1 saturated carbocycles. The maximum atomic E-state index is 2.94. The average Bonchev–Trinajstić information content (AvgIpc) is 1.59. The molecule has 85 heavy (non-hydrogen) atoms. The lowest BCUT2D eigenvalue weighted by atomic mass is 9.33. The molecule has 0 saturated heterocycles. The highest BCUT2D eigenvalue weighted by molar-refractivity contribution is 7.00. The minimum absolute atomic E-state index is 0.00320. The molecule has 0 bridgehead atoms. The second kappa shape index (κ2) is 18.7. The molecule has 3 nitrogen and oxygen atoms in total. The van der Waals surface area contributed by atoms with E-state index in [4.69, 9.17) is 0 Å². The van der Waals surface area contributed by atoms with E-state index >= 15 is 0 Å². The van der Waals surface area contributed by atoms with E-state index in [1.165, 1.54) is 130 Å². The molecule has 9 aromatic carbocycles. The first-order valence-electron chi connectivity index (χ1n) is 31.8. The van der Waals surface area contributed by atoms with Gasteiger partial charge in [0.1, 0.15) is 0 Å². The fourth-order valence-corrected chi connectivity index (χ4v) is 16.0. The van der Waals surface area contributed by atoms with Crippen LogP contribution >= 0.6 is 0 Å². The van der Waals surface area contributed by atoms with Gasteiger partial charge in [-0.2, -0.15) is 0 Å². The minimum Gasteiger partial charge on any atom is -0.335 e. The average molecular weight is 1110 g/mol. The highest BCUT2D eigenvalue weighted by Gasteiger charge is 2.62. The summed E-state index contributed by atoms with van der Waals surface area (Å²) >= 11 is 0. The molecule has 2 unspecified atom stereocenters. The maximum Gasteiger partial charge on any atom is 0.252 e. The summed E-state index contributed by atoms with van der Waals surface area (Å²) in [6.45, 7) is 38.5. The van der Waals surface area contributed by atoms with Gasteiger partial charge >= 0.3 is 0 Å². The van der Waals surface area contributed by atoms with Crippen LogP contribution in [0.2, 0.25) is 0 Å². The van der Waals surface area contributed by atoms with Crippen molar-refractivity contribution >= 4 is 68.6 Å². The summed E-state index contributed by atoms with van der Waals surface area (Å²) in [4.78, 5) is 8.34. The Morgan fingerprint density at radius 3 is 1.47 bits per heavy atom. The van der Waals surface area contributed by atoms with Gasteiger partial charge in [-0.15, -0.1) is 0 Å². The molecule has 1 fully saturated rings. The molecule has 5 aliphatic rings. The number of nitrogens with zero attached hydrogens (tertiary/aromatic N) is 3. The Morgan fingerprint density at radius 2 is 0.918 bits per heavy atom. The first kappa shape index (κ1) is 55.3. The van der Waals surface area contributed by atoms with Gasteiger partial charge in [0.2, 0.25) is 0 Å². The first-order chi connectivity index (χ1) is 40.2. The standard InChI is InChI=1S/C81H86BN3/c1-75(2,3)53-32-37-57(38-33-53)83(58-39-34-54(35-40-58)76(4,5)6)59-49-68-71-69(50-59)85-73-65(80(15)44-23-24-45-81(80,85)16)47-56(78(10,11)12)48-67(73)82(71)66-43-42-63-70(62-41-36-55(77(7,8)9)46-64(62)79(63,13)14)74(66)84(68)72-60(51-26-19-17-20-27-51)30-25-31-61(72)52-28-21-18-22-29-52/h17-22,25-43,46-50H,23-24,44-45H2,1-16H3. The first-order valence-corrected chi connectivity index (χ1v) is 31.8. The summed E-state index contributed by atoms with van der Waals surface area (Å²) in [7, 11) is 0. The van der Waals surface area contributed by atoms with Gasteiger partial charge in [0.05, 0.1) is 16.9 Å². The molecule has 2 aliphatic carbocycles. The van der Waals surface area contributed by atoms with Crippen molar-refractivity contribution in [1.29, 1.82) is 0 Å². The Labute approximate surface area is 509 Å². The van der Waals surface area contributed by atoms with Crippen LogP contribution in [-0.4, -0.2) is 12.3 Å². The highest BCUT2D eigenvalue weighted by Crippen LogP contribution is 2.64. The van der Waals surface area contributed by atoms with Crippen molar-refractivity contribution in [3.63, 3.8) is 0 Å². The zero-order chi connectivity index (χ0) is 59.7. The molecule has 0 aromatic heterocycles. The predicted molar refractivity (Wildman–Crippen MR) is 367 cm³/mol. The van der Waals surface area contributed by atoms with Crippen molar-refractivity contribution < 1.29 is 0 Å². The Hall–Kier alpha value is -7.56. The number of anilines is 8. The number of para-hydroxylation sites is 1. The van der Waals surface area contributed by atoms with Crippen molar-refractivity contribution in [1.82, 2.24) is 0 Å². The summed E-state index contributed by atoms with van der Waals surface area (Å²) in [6.07, 6.45) is 4.70. The molecule has 0 amide bonds. The van der Waals surface area contributed by atoms with Gasteiger partial charge in [0.15, 0.2) is 0 Å². The van der Waals surface area contributed by atoms with Crippen LogP contribution in [0.3, 0.4) is 0 Å². The molecular weight excluding hydrogens is 1030 g/mol. The smallest absolute Gasteiger partial charge is 0.252 e. The van der Waals surface area contributed by atoms with Gasteiger partial charge in [-0.3, -0.25) is 0 Å². The second-order valence-electron chi connectivity index (χ2n) is 31.0. The number of fused-ring (bicyclic) bond motifs is 11. The monoisotopic (exact) mass is 1110 g/mol. The summed E-state index contributed by atoms with van der Waals surface area (Å²) < 4.78 is 0. The summed E-state index contributed by atoms with van der Waals surface area (Å²) in [5.41, 5.74) is 30.8. The van der Waals surface area contributed by atoms with Gasteiger partial charge in [-0.1, -0.05) is 262 Å². The number of hydrogen-bond donors (Lipinski definition) is 0. The van der Waals surface area contributed by atoms with E-state index in [1.54, 1.807) is 0 Å². The van der Waals surface area contributed by atoms with Crippen LogP contribution in [0.25, 0.3) is 33.4 Å². The van der Waals surface area contributed by atoms with Gasteiger partial charge in [0, 0.05) is 61.6 Å². The quantitative estimate of drug-likeness (QED) is 0.154. The van der Waals surface area contributed by atoms with Crippen molar-refractivity contribution in [2.24, 2.45) is 0 Å². The van der Waals surface area contributed by atoms with E-state index in [2.05, 4.69) is 307 Å². The molecule has 3 heterocycles. The molecule has 9 aromatic rings. The Bertz CT molecular complexity index is 4050. The SMILES string of the molecule is CC(C)(C)c1ccc(N(c2ccc(C(C)(C)C)cc2)c2cc3c4c(c2)N2c5c(cc(C(C)(C)C)cc5C5(C)CCCCC25C)B4c2ccc4c(c2N3c2c(-c3ccccc3)cccc2-c2ccccc2)-c2ccc(C(C)(C)C)cc2C4(C)C)cc1. The molecule has 428 valence electrons. The van der Waals surface area contributed by atoms with Crippen LogP contribution in [0.15, 0.2) is 182 Å². The zero-order valence-electron chi connectivity index (χ0n) is 53.6. The van der Waals surface area contributed by atoms with Crippen LogP contribution in [0.5, 0.6) is 0 Å². The highest BCUT2D eigenvalue weighted by atomic mass is 15.3. The molecule has 0 spiro atoms. The lowest BCUT2D eigenvalue weighted by molar-refractivity contribution is 0.195. The van der Waals surface area contributed by atoms with Crippen LogP contribution in [0.1, 0.15) is 175 Å². The molecule has 4 heteroatoms. The minimum atomic E-state index is -0.272. The second-order valence-corrected chi connectivity index (χ2v) is 31.0. The van der Waals surface area contributed by atoms with E-state index in [0.717, 1.165) is 29.9 Å². The van der Waals surface area contributed by atoms with Crippen molar-refractivity contribution in [3.05, 3.63) is 221 Å². The molecule has 0 N–H and O–H groups in total. The van der Waals surface area contributed by atoms with Crippen LogP contribution in [0.4, 0.5) is 45.5 Å². The lowest BCUT2D eigenvalue weighted by Gasteiger charge is -2.53. The summed E-state index contributed by atoms with van der Waals surface area (Å²) in [5, 5.41) is 0. The number of hydrogen-bond acceptors (Lipinski definition) is 3. The van der Waals surface area contributed by atoms with E-state index in [9.17, 15) is 0 Å². The van der Waals surface area contributed by atoms with Gasteiger partial charge < -0.3 is 14.7 Å². The Kier molecular flexibility index (Phi) is 12.2. The number of benzene rings is 9. The molecule has 0 radical (unpaired) electrons. The summed E-state index contributed by atoms with van der Waals surface area (Å²) in [5.74, 6) is 0. The van der Waals surface area contributed by atoms with Gasteiger partial charge in [0.25, 0.3) is 6.71 Å². The predicted octanol–water partition coefficient (Wildman–Crippen LogP) is 20.3. The molecular formula is C81H86BN3. The Morgan fingerprint density at radius 1 is 0.400 bits per heavy atom. The molecule has 14 rings (SSSR count). The third kappa shape index (κ3) is 8.26. The largest absolute Gasteiger partial charge is 0.335 e. The van der Waals surface area contributed by atoms with E-state index in [0.29, 0.717) is 0 Å². The zero-order valence-corrected chi connectivity index (χ0v) is 53.6. The van der Waals surface area contributed by atoms with Crippen LogP contribution in [-0.2, 0) is 32.5 Å². The third-order valence-corrected chi connectivity index (χ3v) is 21.2. The van der Waals surface area contributed by atoms with E-state index in [-0.39, 0.29) is 44.7 Å². The van der Waals surface area contributed by atoms with Crippen molar-refractivity contribution in [2.75, 3.05) is 14.7 Å². The third-order valence-electron chi connectivity index (χ3n) is 21.2.